The van der Waals surface area contributed by atoms with E-state index in [2.05, 4.69) is 9.88 Å². The first-order chi connectivity index (χ1) is 15.9. The third kappa shape index (κ3) is 4.02. The van der Waals surface area contributed by atoms with Crippen LogP contribution in [0.1, 0.15) is 36.0 Å². The fourth-order valence-corrected chi connectivity index (χ4v) is 6.59. The van der Waals surface area contributed by atoms with Crippen molar-refractivity contribution in [2.75, 3.05) is 23.9 Å². The Balaban J connectivity index is 1.40. The predicted octanol–water partition coefficient (Wildman–Crippen LogP) is 4.76. The number of rotatable bonds is 5. The third-order valence-electron chi connectivity index (χ3n) is 6.88. The molecule has 0 atom stereocenters. The second-order valence-corrected chi connectivity index (χ2v) is 10.7. The molecule has 0 radical (unpaired) electrons. The minimum Gasteiger partial charge on any atom is -0.299 e. The zero-order valence-corrected chi connectivity index (χ0v) is 18.9. The van der Waals surface area contributed by atoms with Crippen LogP contribution in [0.2, 0.25) is 0 Å². The van der Waals surface area contributed by atoms with Crippen molar-refractivity contribution >= 4 is 15.7 Å². The van der Waals surface area contributed by atoms with Crippen LogP contribution in [-0.2, 0) is 22.0 Å². The number of nitrogens with zero attached hydrogens (tertiary/aromatic N) is 3. The van der Waals surface area contributed by atoms with E-state index in [1.807, 2.05) is 36.4 Å². The van der Waals surface area contributed by atoms with Crippen LogP contribution in [0.15, 0.2) is 78.0 Å². The van der Waals surface area contributed by atoms with Gasteiger partial charge in [-0.2, -0.15) is 0 Å². The summed E-state index contributed by atoms with van der Waals surface area (Å²) < 4.78 is 54.4. The molecule has 0 aliphatic carbocycles. The van der Waals surface area contributed by atoms with E-state index in [1.54, 1.807) is 12.4 Å². The molecule has 5 nitrogen and oxygen atoms in total. The lowest BCUT2D eigenvalue weighted by molar-refractivity contribution is 0.151. The van der Waals surface area contributed by atoms with Crippen molar-refractivity contribution in [1.82, 2.24) is 9.88 Å². The van der Waals surface area contributed by atoms with Crippen LogP contribution >= 0.6 is 0 Å². The second-order valence-electron chi connectivity index (χ2n) is 8.81. The molecule has 2 aliphatic rings. The maximum atomic E-state index is 13.5. The van der Waals surface area contributed by atoms with Crippen LogP contribution < -0.4 is 4.31 Å². The molecule has 33 heavy (non-hydrogen) atoms. The number of alkyl halides is 2. The smallest absolute Gasteiger partial charge is 0.264 e. The summed E-state index contributed by atoms with van der Waals surface area (Å²) in [6.45, 7) is 2.95. The summed E-state index contributed by atoms with van der Waals surface area (Å²) >= 11 is 0. The number of likely N-dealkylation sites (tertiary alicyclic amines) is 1. The highest BCUT2D eigenvalue weighted by Crippen LogP contribution is 2.48. The number of hydrogen-bond acceptors (Lipinski definition) is 4. The fraction of sp³-hybridized carbons (Fsp3) is 0.320. The second kappa shape index (κ2) is 8.50. The zero-order valence-electron chi connectivity index (χ0n) is 18.1. The molecular formula is C25H25F2N3O2S. The van der Waals surface area contributed by atoms with Gasteiger partial charge in [-0.1, -0.05) is 30.3 Å². The molecule has 3 heterocycles. The van der Waals surface area contributed by atoms with Crippen molar-refractivity contribution in [3.05, 3.63) is 89.7 Å². The first kappa shape index (κ1) is 22.0. The summed E-state index contributed by atoms with van der Waals surface area (Å²) in [6.07, 6.45) is 2.67. The lowest BCUT2D eigenvalue weighted by Crippen LogP contribution is -2.45. The van der Waals surface area contributed by atoms with Gasteiger partial charge < -0.3 is 0 Å². The third-order valence-corrected chi connectivity index (χ3v) is 8.65. The quantitative estimate of drug-likeness (QED) is 0.541. The molecule has 3 aromatic rings. The minimum absolute atomic E-state index is 0.0360. The maximum Gasteiger partial charge on any atom is 0.264 e. The summed E-state index contributed by atoms with van der Waals surface area (Å²) in [5.74, 6) is 0. The Morgan fingerprint density at radius 2 is 1.61 bits per heavy atom. The number of hydrogen-bond donors (Lipinski definition) is 0. The number of benzene rings is 2. The van der Waals surface area contributed by atoms with Crippen LogP contribution in [0.4, 0.5) is 14.5 Å². The predicted molar refractivity (Wildman–Crippen MR) is 123 cm³/mol. The Labute approximate surface area is 192 Å². The van der Waals surface area contributed by atoms with E-state index in [0.717, 1.165) is 38.0 Å². The first-order valence-electron chi connectivity index (χ1n) is 11.0. The van der Waals surface area contributed by atoms with Gasteiger partial charge in [-0.05, 0) is 67.4 Å². The van der Waals surface area contributed by atoms with Gasteiger partial charge in [0, 0.05) is 36.5 Å². The molecule has 172 valence electrons. The van der Waals surface area contributed by atoms with Gasteiger partial charge in [0.15, 0.2) is 0 Å². The number of sulfonamides is 1. The van der Waals surface area contributed by atoms with Crippen molar-refractivity contribution in [3.63, 3.8) is 0 Å². The van der Waals surface area contributed by atoms with Gasteiger partial charge in [-0.3, -0.25) is 14.2 Å². The monoisotopic (exact) mass is 469 g/mol. The molecule has 0 unspecified atom stereocenters. The standard InChI is InChI=1S/C25H25F2N3O2S/c26-24(27)20-5-7-21(8-6-20)33(31,32)30-18-25(22-3-1-2-4-23(22)30)11-15-29(16-12-25)17-19-9-13-28-14-10-19/h1-10,13-14,24H,11-12,15-18H2. The van der Waals surface area contributed by atoms with Gasteiger partial charge in [0.25, 0.3) is 16.4 Å². The Kier molecular flexibility index (Phi) is 5.66. The van der Waals surface area contributed by atoms with Crippen molar-refractivity contribution in [2.45, 2.75) is 36.1 Å². The number of pyridine rings is 1. The van der Waals surface area contributed by atoms with Crippen LogP contribution in [0, 0.1) is 0 Å². The summed E-state index contributed by atoms with van der Waals surface area (Å²) in [7, 11) is -3.86. The number of halogens is 2. The number of para-hydroxylation sites is 1. The Hall–Kier alpha value is -2.84. The number of aromatic nitrogens is 1. The number of piperidine rings is 1. The van der Waals surface area contributed by atoms with Gasteiger partial charge in [-0.25, -0.2) is 17.2 Å². The average molecular weight is 470 g/mol. The maximum absolute atomic E-state index is 13.5. The van der Waals surface area contributed by atoms with E-state index in [1.165, 1.54) is 34.1 Å². The van der Waals surface area contributed by atoms with Gasteiger partial charge in [0.2, 0.25) is 0 Å². The summed E-state index contributed by atoms with van der Waals surface area (Å²) in [4.78, 5) is 6.50. The van der Waals surface area contributed by atoms with Crippen molar-refractivity contribution in [2.24, 2.45) is 0 Å². The highest BCUT2D eigenvalue weighted by molar-refractivity contribution is 7.92. The van der Waals surface area contributed by atoms with Gasteiger partial charge >= 0.3 is 0 Å². The molecule has 5 rings (SSSR count). The van der Waals surface area contributed by atoms with Gasteiger partial charge in [0.1, 0.15) is 0 Å². The molecule has 2 aliphatic heterocycles. The van der Waals surface area contributed by atoms with E-state index in [4.69, 9.17) is 0 Å². The lowest BCUT2D eigenvalue weighted by Gasteiger charge is -2.40. The van der Waals surface area contributed by atoms with E-state index in [9.17, 15) is 17.2 Å². The minimum atomic E-state index is -3.86. The first-order valence-corrected chi connectivity index (χ1v) is 12.4. The largest absolute Gasteiger partial charge is 0.299 e. The van der Waals surface area contributed by atoms with Gasteiger partial charge in [-0.15, -0.1) is 0 Å². The number of anilines is 1. The molecular weight excluding hydrogens is 444 g/mol. The molecule has 0 amide bonds. The average Bonchev–Trinajstić information content (AvgIpc) is 3.16. The normalized spacial score (nSPS) is 18.1. The van der Waals surface area contributed by atoms with Crippen LogP contribution in [0.3, 0.4) is 0 Å². The summed E-state index contributed by atoms with van der Waals surface area (Å²) in [5, 5.41) is 0. The van der Waals surface area contributed by atoms with E-state index in [-0.39, 0.29) is 15.9 Å². The highest BCUT2D eigenvalue weighted by Gasteiger charge is 2.48. The number of fused-ring (bicyclic) bond motifs is 2. The molecule has 1 fully saturated rings. The fourth-order valence-electron chi connectivity index (χ4n) is 5.02. The molecule has 2 aromatic carbocycles. The van der Waals surface area contributed by atoms with Crippen LogP contribution in [0.25, 0.3) is 0 Å². The van der Waals surface area contributed by atoms with Crippen LogP contribution in [-0.4, -0.2) is 37.9 Å². The zero-order chi connectivity index (χ0) is 23.1. The van der Waals surface area contributed by atoms with Crippen molar-refractivity contribution in [1.29, 1.82) is 0 Å². The lowest BCUT2D eigenvalue weighted by atomic mass is 9.74. The molecule has 8 heteroatoms. The summed E-state index contributed by atoms with van der Waals surface area (Å²) in [5.41, 5.74) is 2.53. The molecule has 1 spiro atoms. The molecule has 0 saturated carbocycles. The SMILES string of the molecule is O=S(=O)(c1ccc(C(F)F)cc1)N1CC2(CCN(Cc3ccncc3)CC2)c2ccccc21. The molecule has 0 bridgehead atoms. The molecule has 0 N–H and O–H groups in total. The molecule has 1 aromatic heterocycles. The Bertz CT molecular complexity index is 1230. The summed E-state index contributed by atoms with van der Waals surface area (Å²) in [6, 6.07) is 16.6. The topological polar surface area (TPSA) is 53.5 Å². The molecule has 1 saturated heterocycles. The van der Waals surface area contributed by atoms with E-state index < -0.39 is 16.4 Å². The van der Waals surface area contributed by atoms with Crippen molar-refractivity contribution in [3.8, 4) is 0 Å². The van der Waals surface area contributed by atoms with Gasteiger partial charge in [0.05, 0.1) is 10.6 Å². The Morgan fingerprint density at radius 3 is 2.27 bits per heavy atom. The van der Waals surface area contributed by atoms with E-state index >= 15 is 0 Å². The highest BCUT2D eigenvalue weighted by atomic mass is 32.2. The van der Waals surface area contributed by atoms with E-state index in [0.29, 0.717) is 12.2 Å². The van der Waals surface area contributed by atoms with Crippen molar-refractivity contribution < 1.29 is 17.2 Å². The van der Waals surface area contributed by atoms with Crippen LogP contribution in [0.5, 0.6) is 0 Å². The Morgan fingerprint density at radius 1 is 0.939 bits per heavy atom.